The summed E-state index contributed by atoms with van der Waals surface area (Å²) in [4.78, 5) is 18.3. The summed E-state index contributed by atoms with van der Waals surface area (Å²) in [6.45, 7) is 4.67. The van der Waals surface area contributed by atoms with Crippen LogP contribution in [0.25, 0.3) is 10.9 Å². The molecule has 0 aliphatic carbocycles. The molecule has 2 aliphatic heterocycles. The number of hydrogen-bond acceptors (Lipinski definition) is 4. The number of carbonyl (C=O) groups excluding carboxylic acids is 1. The predicted molar refractivity (Wildman–Crippen MR) is 142 cm³/mol. The number of rotatable bonds is 5. The van der Waals surface area contributed by atoms with E-state index in [0.29, 0.717) is 12.3 Å². The molecular formula is C30H33N3O3. The SMILES string of the molecule is COc1cc2c(cc1OC)CN(C=O)CC2.c1ccc2c(c1)CCN(Cc1cccc3[nH]ccc13)C2. The average molecular weight is 484 g/mol. The Bertz CT molecular complexity index is 1350. The lowest BCUT2D eigenvalue weighted by Crippen LogP contribution is -2.30. The van der Waals surface area contributed by atoms with Crippen molar-refractivity contribution in [3.63, 3.8) is 0 Å². The maximum Gasteiger partial charge on any atom is 0.210 e. The number of nitrogens with one attached hydrogen (secondary N) is 1. The summed E-state index contributed by atoms with van der Waals surface area (Å²) in [6, 6.07) is 21.5. The van der Waals surface area contributed by atoms with Crippen molar-refractivity contribution in [1.82, 2.24) is 14.8 Å². The Labute approximate surface area is 212 Å². The number of methoxy groups -OCH3 is 2. The van der Waals surface area contributed by atoms with Gasteiger partial charge in [-0.15, -0.1) is 0 Å². The first-order chi connectivity index (χ1) is 17.7. The van der Waals surface area contributed by atoms with Crippen molar-refractivity contribution in [3.05, 3.63) is 94.7 Å². The summed E-state index contributed by atoms with van der Waals surface area (Å²) in [5.41, 5.74) is 8.03. The summed E-state index contributed by atoms with van der Waals surface area (Å²) in [5.74, 6) is 1.47. The Balaban J connectivity index is 0.000000152. The van der Waals surface area contributed by atoms with E-state index in [2.05, 4.69) is 58.4 Å². The number of aromatic amines is 1. The zero-order valence-corrected chi connectivity index (χ0v) is 21.0. The second kappa shape index (κ2) is 10.9. The Morgan fingerprint density at radius 2 is 1.58 bits per heavy atom. The fraction of sp³-hybridized carbons (Fsp3) is 0.300. The smallest absolute Gasteiger partial charge is 0.210 e. The number of fused-ring (bicyclic) bond motifs is 3. The van der Waals surface area contributed by atoms with Gasteiger partial charge in [-0.05, 0) is 64.9 Å². The minimum atomic E-state index is 0.652. The molecule has 0 bridgehead atoms. The van der Waals surface area contributed by atoms with Crippen LogP contribution in [0.2, 0.25) is 0 Å². The molecule has 6 nitrogen and oxygen atoms in total. The lowest BCUT2D eigenvalue weighted by Gasteiger charge is -2.28. The van der Waals surface area contributed by atoms with Gasteiger partial charge in [0.2, 0.25) is 6.41 Å². The largest absolute Gasteiger partial charge is 0.493 e. The molecule has 0 unspecified atom stereocenters. The van der Waals surface area contributed by atoms with Gasteiger partial charge in [0.15, 0.2) is 11.5 Å². The molecule has 1 N–H and O–H groups in total. The minimum absolute atomic E-state index is 0.652. The van der Waals surface area contributed by atoms with Gasteiger partial charge in [0.25, 0.3) is 0 Å². The predicted octanol–water partition coefficient (Wildman–Crippen LogP) is 4.94. The van der Waals surface area contributed by atoms with Crippen LogP contribution in [0, 0.1) is 0 Å². The molecule has 186 valence electrons. The number of H-pyrrole nitrogens is 1. The van der Waals surface area contributed by atoms with E-state index >= 15 is 0 Å². The van der Waals surface area contributed by atoms with Crippen molar-refractivity contribution in [1.29, 1.82) is 0 Å². The van der Waals surface area contributed by atoms with E-state index in [1.54, 1.807) is 19.1 Å². The zero-order valence-electron chi connectivity index (χ0n) is 21.0. The highest BCUT2D eigenvalue weighted by Crippen LogP contribution is 2.33. The topological polar surface area (TPSA) is 57.8 Å². The van der Waals surface area contributed by atoms with Crippen LogP contribution in [0.4, 0.5) is 0 Å². The van der Waals surface area contributed by atoms with Gasteiger partial charge in [-0.1, -0.05) is 36.4 Å². The van der Waals surface area contributed by atoms with Crippen molar-refractivity contribution >= 4 is 17.3 Å². The second-order valence-electron chi connectivity index (χ2n) is 9.39. The van der Waals surface area contributed by atoms with Crippen molar-refractivity contribution in [2.75, 3.05) is 27.3 Å². The van der Waals surface area contributed by atoms with E-state index in [4.69, 9.17) is 9.47 Å². The first-order valence-electron chi connectivity index (χ1n) is 12.5. The van der Waals surface area contributed by atoms with E-state index in [-0.39, 0.29) is 0 Å². The molecule has 3 heterocycles. The summed E-state index contributed by atoms with van der Waals surface area (Å²) >= 11 is 0. The van der Waals surface area contributed by atoms with Gasteiger partial charge in [0, 0.05) is 49.8 Å². The van der Waals surface area contributed by atoms with Crippen molar-refractivity contribution in [2.24, 2.45) is 0 Å². The van der Waals surface area contributed by atoms with Crippen LogP contribution in [-0.2, 0) is 37.3 Å². The fourth-order valence-electron chi connectivity index (χ4n) is 5.21. The summed E-state index contributed by atoms with van der Waals surface area (Å²) in [7, 11) is 3.25. The highest BCUT2D eigenvalue weighted by molar-refractivity contribution is 5.82. The second-order valence-corrected chi connectivity index (χ2v) is 9.39. The van der Waals surface area contributed by atoms with Crippen LogP contribution in [0.15, 0.2) is 66.9 Å². The maximum atomic E-state index is 10.7. The molecule has 0 atom stereocenters. The molecule has 3 aromatic carbocycles. The summed E-state index contributed by atoms with van der Waals surface area (Å²) < 4.78 is 10.5. The Morgan fingerprint density at radius 3 is 2.36 bits per heavy atom. The highest BCUT2D eigenvalue weighted by atomic mass is 16.5. The standard InChI is InChI=1S/C18H18N2.C12H15NO3/c1-2-5-15-12-20(11-9-14(15)4-1)13-16-6-3-7-18-17(16)8-10-19-18;1-15-11-5-9-3-4-13(8-14)7-10(9)6-12(11)16-2/h1-8,10,19H,9,11-13H2;5-6,8H,3-4,7H2,1-2H3. The zero-order chi connectivity index (χ0) is 24.9. The molecule has 2 aliphatic rings. The number of nitrogens with zero attached hydrogens (tertiary/aromatic N) is 2. The van der Waals surface area contributed by atoms with E-state index in [1.165, 1.54) is 39.6 Å². The maximum absolute atomic E-state index is 10.7. The van der Waals surface area contributed by atoms with Gasteiger partial charge in [0.1, 0.15) is 0 Å². The number of ether oxygens (including phenoxy) is 2. The first-order valence-corrected chi connectivity index (χ1v) is 12.5. The Kier molecular flexibility index (Phi) is 7.23. The molecule has 36 heavy (non-hydrogen) atoms. The van der Waals surface area contributed by atoms with Gasteiger partial charge >= 0.3 is 0 Å². The van der Waals surface area contributed by atoms with Crippen LogP contribution >= 0.6 is 0 Å². The highest BCUT2D eigenvalue weighted by Gasteiger charge is 2.18. The molecule has 1 aromatic heterocycles. The lowest BCUT2D eigenvalue weighted by atomic mass is 9.99. The number of amides is 1. The van der Waals surface area contributed by atoms with Crippen LogP contribution in [0.5, 0.6) is 11.5 Å². The molecule has 4 aromatic rings. The van der Waals surface area contributed by atoms with Crippen LogP contribution in [0.3, 0.4) is 0 Å². The quantitative estimate of drug-likeness (QED) is 0.409. The third-order valence-corrected chi connectivity index (χ3v) is 7.19. The molecule has 0 saturated carbocycles. The van der Waals surface area contributed by atoms with E-state index in [9.17, 15) is 4.79 Å². The van der Waals surface area contributed by atoms with Crippen molar-refractivity contribution in [2.45, 2.75) is 32.5 Å². The van der Waals surface area contributed by atoms with Gasteiger partial charge in [-0.25, -0.2) is 0 Å². The molecule has 0 fully saturated rings. The number of carbonyl (C=O) groups is 1. The minimum Gasteiger partial charge on any atom is -0.493 e. The van der Waals surface area contributed by atoms with Crippen LogP contribution in [0.1, 0.15) is 27.8 Å². The summed E-state index contributed by atoms with van der Waals surface area (Å²) in [6.07, 6.45) is 4.95. The average Bonchev–Trinajstić information content (AvgIpc) is 3.42. The van der Waals surface area contributed by atoms with Gasteiger partial charge in [-0.2, -0.15) is 0 Å². The lowest BCUT2D eigenvalue weighted by molar-refractivity contribution is -0.118. The Morgan fingerprint density at radius 1 is 0.833 bits per heavy atom. The van der Waals surface area contributed by atoms with E-state index in [1.807, 2.05) is 18.3 Å². The third-order valence-electron chi connectivity index (χ3n) is 7.19. The molecular weight excluding hydrogens is 450 g/mol. The van der Waals surface area contributed by atoms with Crippen molar-refractivity contribution in [3.8, 4) is 11.5 Å². The third kappa shape index (κ3) is 5.09. The van der Waals surface area contributed by atoms with Gasteiger partial charge in [-0.3, -0.25) is 9.69 Å². The molecule has 0 saturated heterocycles. The van der Waals surface area contributed by atoms with Gasteiger partial charge in [0.05, 0.1) is 14.2 Å². The number of hydrogen-bond donors (Lipinski definition) is 1. The molecule has 6 rings (SSSR count). The number of aromatic nitrogens is 1. The van der Waals surface area contributed by atoms with Crippen LogP contribution < -0.4 is 9.47 Å². The normalized spacial score (nSPS) is 14.9. The fourth-order valence-corrected chi connectivity index (χ4v) is 5.21. The first kappa shape index (κ1) is 23.9. The van der Waals surface area contributed by atoms with Crippen LogP contribution in [-0.4, -0.2) is 48.5 Å². The van der Waals surface area contributed by atoms with Gasteiger partial charge < -0.3 is 19.4 Å². The number of benzene rings is 3. The monoisotopic (exact) mass is 483 g/mol. The summed E-state index contributed by atoms with van der Waals surface area (Å²) in [5, 5.41) is 1.35. The van der Waals surface area contributed by atoms with E-state index in [0.717, 1.165) is 50.3 Å². The van der Waals surface area contributed by atoms with E-state index < -0.39 is 0 Å². The molecule has 0 spiro atoms. The Hall–Kier alpha value is -3.77. The molecule has 6 heteroatoms. The van der Waals surface area contributed by atoms with Crippen molar-refractivity contribution < 1.29 is 14.3 Å². The molecule has 1 amide bonds. The molecule has 0 radical (unpaired) electrons.